The third-order valence-corrected chi connectivity index (χ3v) is 13.9. The van der Waals surface area contributed by atoms with Crippen molar-refractivity contribution < 1.29 is 47.0 Å². The summed E-state index contributed by atoms with van der Waals surface area (Å²) >= 11 is 5.39. The molecule has 3 aliphatic heterocycles. The van der Waals surface area contributed by atoms with Crippen molar-refractivity contribution in [2.24, 2.45) is 17.6 Å². The van der Waals surface area contributed by atoms with Crippen LogP contribution in [0.2, 0.25) is 5.15 Å². The maximum atomic E-state index is 12.4. The lowest BCUT2D eigenvalue weighted by molar-refractivity contribution is -0.168. The van der Waals surface area contributed by atoms with Gasteiger partial charge in [0.15, 0.2) is 22.4 Å². The number of hydrogen-bond donors (Lipinski definition) is 3. The molecule has 0 saturated carbocycles. The molecule has 17 nitrogen and oxygen atoms in total. The molecule has 0 radical (unpaired) electrons. The van der Waals surface area contributed by atoms with E-state index in [-0.39, 0.29) is 24.2 Å². The van der Waals surface area contributed by atoms with Crippen LogP contribution < -0.4 is 16.0 Å². The summed E-state index contributed by atoms with van der Waals surface area (Å²) in [5, 5.41) is 44.1. The van der Waals surface area contributed by atoms with Crippen molar-refractivity contribution in [3.8, 4) is 12.1 Å². The van der Waals surface area contributed by atoms with Crippen molar-refractivity contribution in [2.75, 3.05) is 44.2 Å². The van der Waals surface area contributed by atoms with E-state index in [0.29, 0.717) is 84.7 Å². The van der Waals surface area contributed by atoms with Gasteiger partial charge in [0.2, 0.25) is 5.78 Å². The molecule has 86 heavy (non-hydrogen) atoms. The maximum Gasteiger partial charge on any atom is 0.449 e. The second kappa shape index (κ2) is 36.4. The van der Waals surface area contributed by atoms with Crippen LogP contribution in [-0.4, -0.2) is 117 Å². The third-order valence-electron chi connectivity index (χ3n) is 13.7. The molecule has 464 valence electrons. The number of nitrogens with zero attached hydrogens (tertiary/aromatic N) is 8. The van der Waals surface area contributed by atoms with E-state index >= 15 is 0 Å². The normalized spacial score (nSPS) is 16.0. The van der Waals surface area contributed by atoms with Gasteiger partial charge in [-0.1, -0.05) is 126 Å². The Bertz CT molecular complexity index is 2970. The molecule has 21 heteroatoms. The number of carboxylic acids is 1. The van der Waals surface area contributed by atoms with Gasteiger partial charge in [-0.2, -0.15) is 23.7 Å². The van der Waals surface area contributed by atoms with Crippen LogP contribution in [0.1, 0.15) is 164 Å². The summed E-state index contributed by atoms with van der Waals surface area (Å²) in [5.74, 6) is 1.39. The Hall–Kier alpha value is -7.65. The molecular formula is C65H84ClF3N10O7. The highest BCUT2D eigenvalue weighted by atomic mass is 35.5. The Morgan fingerprint density at radius 3 is 1.47 bits per heavy atom. The molecule has 8 rings (SSSR count). The molecule has 5 heterocycles. The smallest absolute Gasteiger partial charge is 0.449 e. The highest BCUT2D eigenvalue weighted by Crippen LogP contribution is 2.26. The number of carbonyl (C=O) groups excluding carboxylic acids is 4. The molecule has 0 spiro atoms. The van der Waals surface area contributed by atoms with Gasteiger partial charge in [-0.05, 0) is 140 Å². The van der Waals surface area contributed by atoms with E-state index in [1.165, 1.54) is 28.8 Å². The predicted molar refractivity (Wildman–Crippen MR) is 327 cm³/mol. The number of carbonyl (C=O) groups is 5. The second-order valence-electron chi connectivity index (χ2n) is 23.3. The standard InChI is InChI=1S/C21H24N4O.C16H23NO.C11H14O2.C9H18N2O2.C5H2ClN3.C3H3F3O/c1-15(2)18-5-3-16(4-6-18)11-20(26)12-17-9-10-25(14-17)21-8-7-19(13-22)23-24-21;1-12(2)15-5-3-13(4-6-15)9-16(18)10-14-7-8-17-11-14;1-8(2)10-5-3-9(4-6-10)7-11(12)13;1-9(2,3)13-8(12)11-5-4-7(10)6-11;6-5-2-1-4(3-7)8-9-5;1-2(7)3(4,5)6/h3-8,15,17H,9-12,14H2,1-2H3;3-6,12,14,17H,7-11H2,1-2H3;3-6,8H,7H2,1-2H3,(H,12,13);7H,4-6,10H2,1-3H3;1-2H;1H3/t17-;14-;;7-;;/m11.0../s1. The number of nitrogens with one attached hydrogen (secondary N) is 1. The SMILES string of the molecule is CC(=O)C(F)(F)F.CC(C)(C)OC(=O)N1CC[C@H](N)C1.CC(C)c1ccc(CC(=O)C[C@H]2CCN(c3ccc(C#N)nn3)C2)cc1.CC(C)c1ccc(CC(=O)C[C@H]2CCNC2)cc1.CC(C)c1ccc(CC(=O)O)cc1.N#Cc1ccc(Cl)nn1. The summed E-state index contributed by atoms with van der Waals surface area (Å²) in [5.41, 5.74) is 12.8. The fourth-order valence-corrected chi connectivity index (χ4v) is 8.88. The molecule has 3 saturated heterocycles. The summed E-state index contributed by atoms with van der Waals surface area (Å²) in [6, 6.07) is 35.0. The number of nitrogens with two attached hydrogens (primary N) is 1. The Balaban J connectivity index is 0.000000285. The van der Waals surface area contributed by atoms with Crippen LogP contribution in [0.4, 0.5) is 23.8 Å². The number of Topliss-reactive ketones (excluding diaryl/α,β-unsaturated/α-hetero) is 3. The lowest BCUT2D eigenvalue weighted by Crippen LogP contribution is -2.36. The van der Waals surface area contributed by atoms with Crippen molar-refractivity contribution in [1.82, 2.24) is 30.6 Å². The molecule has 3 fully saturated rings. The summed E-state index contributed by atoms with van der Waals surface area (Å²) in [7, 11) is 0. The zero-order valence-electron chi connectivity index (χ0n) is 51.2. The maximum absolute atomic E-state index is 12.4. The number of ether oxygens (including phenoxy) is 1. The largest absolute Gasteiger partial charge is 0.481 e. The number of benzene rings is 3. The zero-order valence-corrected chi connectivity index (χ0v) is 51.9. The minimum atomic E-state index is -4.64. The zero-order chi connectivity index (χ0) is 64.1. The number of rotatable bonds is 14. The van der Waals surface area contributed by atoms with Crippen LogP contribution in [-0.2, 0) is 43.2 Å². The van der Waals surface area contributed by atoms with Crippen molar-refractivity contribution in [3.63, 3.8) is 0 Å². The highest BCUT2D eigenvalue weighted by Gasteiger charge is 2.34. The quantitative estimate of drug-likeness (QED) is 0.0933. The molecule has 3 atom stereocenters. The van der Waals surface area contributed by atoms with Gasteiger partial charge in [0.05, 0.1) is 6.42 Å². The first-order valence-corrected chi connectivity index (χ1v) is 29.2. The number of alkyl halides is 3. The first-order chi connectivity index (χ1) is 40.4. The van der Waals surface area contributed by atoms with Crippen LogP contribution in [0, 0.1) is 34.5 Å². The number of anilines is 1. The molecular weight excluding hydrogens is 1130 g/mol. The Kier molecular flexibility index (Phi) is 30.7. The van der Waals surface area contributed by atoms with Crippen molar-refractivity contribution in [3.05, 3.63) is 147 Å². The molecule has 0 bridgehead atoms. The van der Waals surface area contributed by atoms with Gasteiger partial charge in [-0.3, -0.25) is 19.2 Å². The summed E-state index contributed by atoms with van der Waals surface area (Å²) in [6.45, 7) is 24.1. The van der Waals surface area contributed by atoms with Gasteiger partial charge in [-0.15, -0.1) is 20.4 Å². The molecule has 3 aliphatic rings. The van der Waals surface area contributed by atoms with Crippen molar-refractivity contribution in [1.29, 1.82) is 10.5 Å². The number of carboxylic acid groups (broad SMARTS) is 1. The number of ketones is 3. The number of aliphatic carboxylic acids is 1. The Morgan fingerprint density at radius 1 is 0.663 bits per heavy atom. The summed E-state index contributed by atoms with van der Waals surface area (Å²) in [4.78, 5) is 59.4. The topological polar surface area (TPSA) is 258 Å². The average molecular weight is 1210 g/mol. The van der Waals surface area contributed by atoms with Crippen LogP contribution in [0.5, 0.6) is 0 Å². The van der Waals surface area contributed by atoms with Crippen LogP contribution in [0.3, 0.4) is 0 Å². The number of hydrogen-bond acceptors (Lipinski definition) is 15. The van der Waals surface area contributed by atoms with E-state index in [1.54, 1.807) is 11.0 Å². The molecule has 0 unspecified atom stereocenters. The molecule has 2 aromatic heterocycles. The molecule has 5 aromatic rings. The van der Waals surface area contributed by atoms with Crippen molar-refractivity contribution in [2.45, 2.75) is 156 Å². The van der Waals surface area contributed by atoms with E-state index in [9.17, 15) is 37.1 Å². The van der Waals surface area contributed by atoms with Crippen LogP contribution in [0.25, 0.3) is 0 Å². The van der Waals surface area contributed by atoms with Gasteiger partial charge < -0.3 is 30.7 Å². The van der Waals surface area contributed by atoms with Gasteiger partial charge in [0.1, 0.15) is 29.3 Å². The van der Waals surface area contributed by atoms with Gasteiger partial charge in [0, 0.05) is 64.8 Å². The lowest BCUT2D eigenvalue weighted by atomic mass is 9.96. The number of amides is 1. The monoisotopic (exact) mass is 1210 g/mol. The van der Waals surface area contributed by atoms with E-state index in [2.05, 4.69) is 121 Å². The van der Waals surface area contributed by atoms with Gasteiger partial charge in [0.25, 0.3) is 0 Å². The Morgan fingerprint density at radius 2 is 1.12 bits per heavy atom. The fraction of sp³-hybridized carbons (Fsp3) is 0.492. The predicted octanol–water partition coefficient (Wildman–Crippen LogP) is 12.0. The van der Waals surface area contributed by atoms with Crippen molar-refractivity contribution >= 4 is 46.8 Å². The average Bonchev–Trinajstić information content (AvgIpc) is 4.05. The molecule has 1 amide bonds. The summed E-state index contributed by atoms with van der Waals surface area (Å²) < 4.78 is 37.7. The van der Waals surface area contributed by atoms with E-state index in [4.69, 9.17) is 37.7 Å². The van der Waals surface area contributed by atoms with E-state index < -0.39 is 23.5 Å². The number of aromatic nitrogens is 4. The Labute approximate surface area is 509 Å². The first-order valence-electron chi connectivity index (χ1n) is 28.9. The second-order valence-corrected chi connectivity index (χ2v) is 23.7. The molecule has 0 aliphatic carbocycles. The van der Waals surface area contributed by atoms with E-state index in [1.807, 2.05) is 63.2 Å². The van der Waals surface area contributed by atoms with Crippen LogP contribution in [0.15, 0.2) is 97.1 Å². The minimum absolute atomic E-state index is 0.109. The number of likely N-dealkylation sites (tertiary alicyclic amines) is 1. The molecule has 4 N–H and O–H groups in total. The molecule has 3 aromatic carbocycles. The highest BCUT2D eigenvalue weighted by molar-refractivity contribution is 6.29. The van der Waals surface area contributed by atoms with Gasteiger partial charge in [-0.25, -0.2) is 4.79 Å². The lowest BCUT2D eigenvalue weighted by Gasteiger charge is -2.24. The van der Waals surface area contributed by atoms with Crippen LogP contribution >= 0.6 is 11.6 Å². The summed E-state index contributed by atoms with van der Waals surface area (Å²) in [6.07, 6.45) is 0.668. The number of nitriles is 2. The van der Waals surface area contributed by atoms with Gasteiger partial charge >= 0.3 is 18.2 Å². The minimum Gasteiger partial charge on any atom is -0.481 e. The first kappa shape index (κ1) is 72.6. The number of halogens is 4. The van der Waals surface area contributed by atoms with E-state index in [0.717, 1.165) is 80.9 Å². The third kappa shape index (κ3) is 29.0. The fourth-order valence-electron chi connectivity index (χ4n) is 8.78.